The lowest BCUT2D eigenvalue weighted by atomic mass is 10.0. The van der Waals surface area contributed by atoms with Crippen molar-refractivity contribution in [3.8, 4) is 0 Å². The van der Waals surface area contributed by atoms with E-state index in [0.29, 0.717) is 38.8 Å². The van der Waals surface area contributed by atoms with Crippen LogP contribution in [0.3, 0.4) is 0 Å². The third-order valence-electron chi connectivity index (χ3n) is 7.16. The second-order valence-corrected chi connectivity index (χ2v) is 10.5. The third kappa shape index (κ3) is 9.81. The average molecular weight is 598 g/mol. The van der Waals surface area contributed by atoms with E-state index in [0.717, 1.165) is 0 Å². The highest BCUT2D eigenvalue weighted by Crippen LogP contribution is 2.21. The molecular formula is C25H43N9O8. The number of ether oxygens (including phenoxy) is 1. The largest absolute Gasteiger partial charge is 0.464 e. The van der Waals surface area contributed by atoms with Crippen molar-refractivity contribution in [1.82, 2.24) is 25.9 Å². The minimum atomic E-state index is -1.03. The van der Waals surface area contributed by atoms with Gasteiger partial charge in [0.1, 0.15) is 18.1 Å². The maximum absolute atomic E-state index is 13.1. The number of guanidine groups is 1. The molecule has 2 aliphatic heterocycles. The first kappa shape index (κ1) is 34.2. The Labute approximate surface area is 244 Å². The number of hydrazine groups is 1. The van der Waals surface area contributed by atoms with Crippen molar-refractivity contribution in [2.24, 2.45) is 22.4 Å². The Kier molecular flexibility index (Phi) is 13.4. The highest BCUT2D eigenvalue weighted by molar-refractivity contribution is 5.94. The predicted molar refractivity (Wildman–Crippen MR) is 150 cm³/mol. The molecule has 2 fully saturated rings. The Morgan fingerprint density at radius 2 is 1.69 bits per heavy atom. The average Bonchev–Trinajstić information content (AvgIpc) is 3.62. The van der Waals surface area contributed by atoms with Gasteiger partial charge in [0.25, 0.3) is 5.96 Å². The molecule has 0 aromatic carbocycles. The summed E-state index contributed by atoms with van der Waals surface area (Å²) in [4.78, 5) is 81.3. The Balaban J connectivity index is 1.95. The summed E-state index contributed by atoms with van der Waals surface area (Å²) >= 11 is 0. The molecule has 2 aliphatic rings. The predicted octanol–water partition coefficient (Wildman–Crippen LogP) is -2.01. The number of likely N-dealkylation sites (tertiary alicyclic amines) is 2. The van der Waals surface area contributed by atoms with Gasteiger partial charge in [0.2, 0.25) is 23.6 Å². The molecule has 2 heterocycles. The molecule has 0 spiro atoms. The molecule has 0 aromatic heterocycles. The van der Waals surface area contributed by atoms with E-state index in [9.17, 15) is 34.1 Å². The van der Waals surface area contributed by atoms with Crippen LogP contribution in [0.4, 0.5) is 0 Å². The van der Waals surface area contributed by atoms with Gasteiger partial charge in [-0.15, -0.1) is 0 Å². The summed E-state index contributed by atoms with van der Waals surface area (Å²) < 4.78 is 5.06. The molecule has 0 bridgehead atoms. The third-order valence-corrected chi connectivity index (χ3v) is 7.16. The zero-order valence-electron chi connectivity index (χ0n) is 24.4. The first-order valence-electron chi connectivity index (χ1n) is 14.2. The van der Waals surface area contributed by atoms with Gasteiger partial charge in [0.15, 0.2) is 5.03 Å². The number of nitrogens with zero attached hydrogens (tertiary/aromatic N) is 4. The van der Waals surface area contributed by atoms with Crippen molar-refractivity contribution >= 4 is 35.6 Å². The van der Waals surface area contributed by atoms with Crippen molar-refractivity contribution in [3.05, 3.63) is 10.1 Å². The van der Waals surface area contributed by atoms with Gasteiger partial charge in [-0.1, -0.05) is 19.3 Å². The number of carbonyl (C=O) groups excluding carboxylic acids is 5. The Bertz CT molecular complexity index is 1040. The molecule has 17 heteroatoms. The Morgan fingerprint density at radius 1 is 1.07 bits per heavy atom. The van der Waals surface area contributed by atoms with E-state index in [1.165, 1.54) is 9.80 Å². The minimum absolute atomic E-state index is 0.0552. The number of esters is 1. The van der Waals surface area contributed by atoms with Crippen LogP contribution in [0.25, 0.3) is 0 Å². The van der Waals surface area contributed by atoms with Crippen molar-refractivity contribution in [1.29, 1.82) is 0 Å². The van der Waals surface area contributed by atoms with Gasteiger partial charge in [0.05, 0.1) is 19.2 Å². The van der Waals surface area contributed by atoms with E-state index in [2.05, 4.69) is 15.6 Å². The number of rotatable bonds is 14. The number of hydrogen-bond donors (Lipinski definition) is 5. The molecule has 0 aliphatic carbocycles. The van der Waals surface area contributed by atoms with Gasteiger partial charge in [-0.05, 0) is 51.4 Å². The summed E-state index contributed by atoms with van der Waals surface area (Å²) in [6.45, 7) is 5.78. The number of nitrogens with one attached hydrogen (secondary N) is 3. The molecule has 42 heavy (non-hydrogen) atoms. The molecule has 2 rings (SSSR count). The zero-order chi connectivity index (χ0) is 31.4. The van der Waals surface area contributed by atoms with E-state index < -0.39 is 58.9 Å². The lowest BCUT2D eigenvalue weighted by molar-refractivity contribution is -0.525. The molecule has 0 saturated carbocycles. The molecule has 4 atom stereocenters. The quantitative estimate of drug-likeness (QED) is 0.0366. The summed E-state index contributed by atoms with van der Waals surface area (Å²) in [7, 11) is 0. The van der Waals surface area contributed by atoms with Gasteiger partial charge in [-0.25, -0.2) is 19.9 Å². The van der Waals surface area contributed by atoms with Crippen LogP contribution in [0.1, 0.15) is 59.3 Å². The lowest BCUT2D eigenvalue weighted by Crippen LogP contribution is -2.55. The number of aliphatic imine (C=N–C) groups is 1. The van der Waals surface area contributed by atoms with Gasteiger partial charge in [-0.2, -0.15) is 0 Å². The summed E-state index contributed by atoms with van der Waals surface area (Å²) in [6.07, 6.45) is 2.40. The van der Waals surface area contributed by atoms with Crippen molar-refractivity contribution in [2.75, 3.05) is 32.8 Å². The van der Waals surface area contributed by atoms with Crippen LogP contribution in [0.5, 0.6) is 0 Å². The van der Waals surface area contributed by atoms with Gasteiger partial charge in [-0.3, -0.25) is 19.2 Å². The van der Waals surface area contributed by atoms with Crippen molar-refractivity contribution < 1.29 is 33.7 Å². The Hall–Kier alpha value is -4.02. The SMILES string of the molecule is CCOC(=O)[C@H](CCCN=C(N)N[N+](=O)[O-])NC(=O)[C@@H]1CCCN1C(=O)CNC(=O)[C@@H]1CCCN1C(=O)[C@@H](N)C(C)C. The van der Waals surface area contributed by atoms with E-state index in [4.69, 9.17) is 16.2 Å². The fraction of sp³-hybridized carbons (Fsp3) is 0.760. The van der Waals surface area contributed by atoms with Gasteiger partial charge in [0, 0.05) is 19.6 Å². The lowest BCUT2D eigenvalue weighted by Gasteiger charge is -2.29. The van der Waals surface area contributed by atoms with Crippen LogP contribution in [0.2, 0.25) is 0 Å². The number of amides is 4. The first-order chi connectivity index (χ1) is 19.9. The fourth-order valence-electron chi connectivity index (χ4n) is 4.88. The number of hydrogen-bond acceptors (Lipinski definition) is 10. The topological polar surface area (TPSA) is 245 Å². The molecule has 236 valence electrons. The molecule has 0 unspecified atom stereocenters. The number of carbonyl (C=O) groups is 5. The second kappa shape index (κ2) is 16.4. The van der Waals surface area contributed by atoms with Crippen LogP contribution in [-0.2, 0) is 28.7 Å². The second-order valence-electron chi connectivity index (χ2n) is 10.5. The molecule has 2 saturated heterocycles. The summed E-state index contributed by atoms with van der Waals surface area (Å²) in [5, 5.41) is 14.8. The fourth-order valence-corrected chi connectivity index (χ4v) is 4.88. The van der Waals surface area contributed by atoms with Crippen LogP contribution in [0.15, 0.2) is 4.99 Å². The maximum Gasteiger partial charge on any atom is 0.328 e. The smallest absolute Gasteiger partial charge is 0.328 e. The minimum Gasteiger partial charge on any atom is -0.464 e. The van der Waals surface area contributed by atoms with Gasteiger partial charge >= 0.3 is 5.97 Å². The van der Waals surface area contributed by atoms with E-state index in [1.54, 1.807) is 12.3 Å². The summed E-state index contributed by atoms with van der Waals surface area (Å²) in [5.74, 6) is -2.91. The molecule has 0 aromatic rings. The van der Waals surface area contributed by atoms with Crippen LogP contribution in [0, 0.1) is 16.0 Å². The highest BCUT2D eigenvalue weighted by atomic mass is 16.7. The molecule has 0 radical (unpaired) electrons. The van der Waals surface area contributed by atoms with Crippen LogP contribution in [-0.4, -0.2) is 107 Å². The van der Waals surface area contributed by atoms with E-state index in [1.807, 2.05) is 13.8 Å². The Morgan fingerprint density at radius 3 is 2.29 bits per heavy atom. The number of nitro groups is 1. The van der Waals surface area contributed by atoms with Crippen LogP contribution < -0.4 is 27.5 Å². The number of nitrogens with two attached hydrogens (primary N) is 2. The van der Waals surface area contributed by atoms with Gasteiger partial charge < -0.3 is 36.6 Å². The molecule has 17 nitrogen and oxygen atoms in total. The monoisotopic (exact) mass is 597 g/mol. The zero-order valence-corrected chi connectivity index (χ0v) is 24.4. The maximum atomic E-state index is 13.1. The summed E-state index contributed by atoms with van der Waals surface area (Å²) in [5.41, 5.74) is 13.1. The van der Waals surface area contributed by atoms with E-state index >= 15 is 0 Å². The van der Waals surface area contributed by atoms with Crippen molar-refractivity contribution in [2.45, 2.75) is 83.5 Å². The van der Waals surface area contributed by atoms with Crippen molar-refractivity contribution in [3.63, 3.8) is 0 Å². The van der Waals surface area contributed by atoms with Crippen LogP contribution >= 0.6 is 0 Å². The molecule has 4 amide bonds. The van der Waals surface area contributed by atoms with E-state index in [-0.39, 0.29) is 44.4 Å². The molecule has 7 N–H and O–H groups in total. The summed E-state index contributed by atoms with van der Waals surface area (Å²) in [6, 6.07) is -3.32. The molecular weight excluding hydrogens is 554 g/mol. The normalized spacial score (nSPS) is 20.2. The highest BCUT2D eigenvalue weighted by Gasteiger charge is 2.39. The standard InChI is InChI=1S/C25H43N9O8/c1-4-42-24(39)16(8-5-11-28-25(27)31-34(40)41)30-22(37)18-10-6-12-32(18)19(35)14-29-21(36)17-9-7-13-33(17)23(38)20(26)15(2)3/h15-18,20H,4-14,26H2,1-3H3,(H,29,36)(H,30,37)(H3,27,28,31)/t16-,17-,18-,20-/m0/s1. The first-order valence-corrected chi connectivity index (χ1v) is 14.2.